The number of aromatic amines is 1. The second-order valence-corrected chi connectivity index (χ2v) is 7.68. The van der Waals surface area contributed by atoms with Crippen LogP contribution in [0.15, 0.2) is 65.8 Å². The monoisotopic (exact) mass is 388 g/mol. The summed E-state index contributed by atoms with van der Waals surface area (Å²) in [4.78, 5) is 16.7. The van der Waals surface area contributed by atoms with Crippen LogP contribution in [0.2, 0.25) is 0 Å². The summed E-state index contributed by atoms with van der Waals surface area (Å²) in [5, 5.41) is 13.0. The Kier molecular flexibility index (Phi) is 5.12. The fourth-order valence-corrected chi connectivity index (χ4v) is 3.75. The second kappa shape index (κ2) is 7.86. The number of rotatable bonds is 5. The Bertz CT molecular complexity index is 1130. The summed E-state index contributed by atoms with van der Waals surface area (Å²) in [5.74, 6) is 0.872. The van der Waals surface area contributed by atoms with Gasteiger partial charge < -0.3 is 5.32 Å². The Hall–Kier alpha value is -3.12. The van der Waals surface area contributed by atoms with E-state index in [-0.39, 0.29) is 11.7 Å². The number of thioether (sulfide) groups is 1. The molecule has 0 saturated carbocycles. The summed E-state index contributed by atoms with van der Waals surface area (Å²) in [5.41, 5.74) is 4.03. The van der Waals surface area contributed by atoms with Gasteiger partial charge in [-0.1, -0.05) is 54.2 Å². The maximum atomic E-state index is 12.2. The van der Waals surface area contributed by atoms with Gasteiger partial charge in [0.05, 0.1) is 5.75 Å². The number of nitrogens with one attached hydrogen (secondary N) is 2. The van der Waals surface area contributed by atoms with Gasteiger partial charge in [-0.15, -0.1) is 5.10 Å². The van der Waals surface area contributed by atoms with Gasteiger partial charge in [0.1, 0.15) is 0 Å². The van der Waals surface area contributed by atoms with Gasteiger partial charge in [-0.25, -0.2) is 4.98 Å². The van der Waals surface area contributed by atoms with Gasteiger partial charge in [-0.05, 0) is 53.9 Å². The molecule has 0 saturated heterocycles. The molecule has 0 aliphatic heterocycles. The minimum absolute atomic E-state index is 0.0768. The van der Waals surface area contributed by atoms with Crippen LogP contribution in [0, 0.1) is 13.8 Å². The molecule has 0 fully saturated rings. The van der Waals surface area contributed by atoms with E-state index >= 15 is 0 Å². The predicted octanol–water partition coefficient (Wildman–Crippen LogP) is 4.97. The molecule has 0 atom stereocenters. The standard InChI is InChI=1S/C22H20N4OS/c1-14-9-15(2)11-19(10-14)23-20(27)13-28-22-24-21(25-26-22)18-8-7-16-5-3-4-6-17(16)12-18/h3-12H,13H2,1-2H3,(H,23,27)(H,24,25,26). The van der Waals surface area contributed by atoms with Crippen molar-refractivity contribution in [1.82, 2.24) is 15.2 Å². The lowest BCUT2D eigenvalue weighted by molar-refractivity contribution is -0.113. The van der Waals surface area contributed by atoms with E-state index in [9.17, 15) is 4.79 Å². The van der Waals surface area contributed by atoms with E-state index in [2.05, 4.69) is 50.8 Å². The summed E-state index contributed by atoms with van der Waals surface area (Å²) in [6.45, 7) is 4.03. The molecule has 0 radical (unpaired) electrons. The van der Waals surface area contributed by atoms with Crippen molar-refractivity contribution in [1.29, 1.82) is 0 Å². The number of benzene rings is 3. The number of hydrogen-bond acceptors (Lipinski definition) is 4. The van der Waals surface area contributed by atoms with Gasteiger partial charge >= 0.3 is 0 Å². The summed E-state index contributed by atoms with van der Waals surface area (Å²) < 4.78 is 0. The fraction of sp³-hybridized carbons (Fsp3) is 0.136. The van der Waals surface area contributed by atoms with E-state index < -0.39 is 0 Å². The van der Waals surface area contributed by atoms with Gasteiger partial charge in [-0.2, -0.15) is 0 Å². The molecular formula is C22H20N4OS. The van der Waals surface area contributed by atoms with Crippen LogP contribution in [0.1, 0.15) is 11.1 Å². The molecule has 4 aromatic rings. The van der Waals surface area contributed by atoms with E-state index in [0.29, 0.717) is 11.0 Å². The largest absolute Gasteiger partial charge is 0.325 e. The number of fused-ring (bicyclic) bond motifs is 1. The normalized spacial score (nSPS) is 10.9. The maximum absolute atomic E-state index is 12.2. The minimum Gasteiger partial charge on any atom is -0.325 e. The first-order valence-electron chi connectivity index (χ1n) is 8.99. The molecule has 28 heavy (non-hydrogen) atoms. The summed E-state index contributed by atoms with van der Waals surface area (Å²) >= 11 is 1.31. The fourth-order valence-electron chi connectivity index (χ4n) is 3.15. The zero-order valence-corrected chi connectivity index (χ0v) is 16.5. The van der Waals surface area contributed by atoms with Crippen molar-refractivity contribution in [3.63, 3.8) is 0 Å². The highest BCUT2D eigenvalue weighted by Crippen LogP contribution is 2.24. The zero-order valence-electron chi connectivity index (χ0n) is 15.7. The van der Waals surface area contributed by atoms with Crippen LogP contribution in [0.5, 0.6) is 0 Å². The molecule has 4 rings (SSSR count). The van der Waals surface area contributed by atoms with Crippen molar-refractivity contribution >= 4 is 34.1 Å². The Morgan fingerprint density at radius 2 is 1.75 bits per heavy atom. The molecule has 0 aliphatic carbocycles. The first-order chi connectivity index (χ1) is 13.6. The number of nitrogens with zero attached hydrogens (tertiary/aromatic N) is 2. The number of aryl methyl sites for hydroxylation is 2. The Morgan fingerprint density at radius 1 is 1.00 bits per heavy atom. The van der Waals surface area contributed by atoms with E-state index in [1.54, 1.807) is 0 Å². The van der Waals surface area contributed by atoms with E-state index in [1.165, 1.54) is 17.1 Å². The molecule has 6 heteroatoms. The molecule has 5 nitrogen and oxygen atoms in total. The zero-order chi connectivity index (χ0) is 19.5. The molecule has 0 unspecified atom stereocenters. The van der Waals surface area contributed by atoms with Gasteiger partial charge in [0.25, 0.3) is 0 Å². The van der Waals surface area contributed by atoms with Crippen LogP contribution < -0.4 is 5.32 Å². The molecule has 0 aliphatic rings. The van der Waals surface area contributed by atoms with Crippen molar-refractivity contribution < 1.29 is 4.79 Å². The molecule has 0 bridgehead atoms. The van der Waals surface area contributed by atoms with Gasteiger partial charge in [0, 0.05) is 11.3 Å². The van der Waals surface area contributed by atoms with Crippen LogP contribution in [0.25, 0.3) is 22.2 Å². The Morgan fingerprint density at radius 3 is 2.54 bits per heavy atom. The topological polar surface area (TPSA) is 70.7 Å². The Labute approximate surface area is 167 Å². The molecule has 1 aromatic heterocycles. The SMILES string of the molecule is Cc1cc(C)cc(NC(=O)CSc2n[nH]c(-c3ccc4ccccc4c3)n2)c1. The summed E-state index contributed by atoms with van der Waals surface area (Å²) in [6, 6.07) is 20.3. The van der Waals surface area contributed by atoms with Gasteiger partial charge in [-0.3, -0.25) is 9.89 Å². The molecule has 2 N–H and O–H groups in total. The molecular weight excluding hydrogens is 368 g/mol. The molecule has 0 spiro atoms. The molecule has 140 valence electrons. The van der Waals surface area contributed by atoms with Gasteiger partial charge in [0.2, 0.25) is 11.1 Å². The van der Waals surface area contributed by atoms with Crippen molar-refractivity contribution in [3.8, 4) is 11.4 Å². The second-order valence-electron chi connectivity index (χ2n) is 6.74. The first-order valence-corrected chi connectivity index (χ1v) is 9.98. The van der Waals surface area contributed by atoms with Crippen molar-refractivity contribution in [2.75, 3.05) is 11.1 Å². The van der Waals surface area contributed by atoms with Crippen molar-refractivity contribution in [2.24, 2.45) is 0 Å². The maximum Gasteiger partial charge on any atom is 0.234 e. The third-order valence-corrected chi connectivity index (χ3v) is 5.17. The van der Waals surface area contributed by atoms with Crippen molar-refractivity contribution in [3.05, 3.63) is 71.8 Å². The van der Waals surface area contributed by atoms with E-state index in [1.807, 2.05) is 44.2 Å². The number of amides is 1. The summed E-state index contributed by atoms with van der Waals surface area (Å²) in [7, 11) is 0. The lowest BCUT2D eigenvalue weighted by Crippen LogP contribution is -2.14. The van der Waals surface area contributed by atoms with Crippen LogP contribution in [0.4, 0.5) is 5.69 Å². The first kappa shape index (κ1) is 18.3. The lowest BCUT2D eigenvalue weighted by atomic mass is 10.1. The van der Waals surface area contributed by atoms with Crippen LogP contribution in [0.3, 0.4) is 0 Å². The number of anilines is 1. The van der Waals surface area contributed by atoms with Gasteiger partial charge in [0.15, 0.2) is 5.82 Å². The predicted molar refractivity (Wildman–Crippen MR) is 115 cm³/mol. The highest BCUT2D eigenvalue weighted by atomic mass is 32.2. The highest BCUT2D eigenvalue weighted by molar-refractivity contribution is 7.99. The minimum atomic E-state index is -0.0768. The van der Waals surface area contributed by atoms with Crippen molar-refractivity contribution in [2.45, 2.75) is 19.0 Å². The molecule has 3 aromatic carbocycles. The third-order valence-electron chi connectivity index (χ3n) is 4.33. The van der Waals surface area contributed by atoms with Crippen LogP contribution >= 0.6 is 11.8 Å². The number of hydrogen-bond donors (Lipinski definition) is 2. The number of aromatic nitrogens is 3. The quantitative estimate of drug-likeness (QED) is 0.474. The Balaban J connectivity index is 1.40. The smallest absolute Gasteiger partial charge is 0.234 e. The third kappa shape index (κ3) is 4.23. The highest BCUT2D eigenvalue weighted by Gasteiger charge is 2.10. The lowest BCUT2D eigenvalue weighted by Gasteiger charge is -2.06. The van der Waals surface area contributed by atoms with E-state index in [4.69, 9.17) is 0 Å². The van der Waals surface area contributed by atoms with Crippen LogP contribution in [-0.2, 0) is 4.79 Å². The summed E-state index contributed by atoms with van der Waals surface area (Å²) in [6.07, 6.45) is 0. The molecule has 1 heterocycles. The molecule has 1 amide bonds. The number of H-pyrrole nitrogens is 1. The number of carbonyl (C=O) groups is 1. The average Bonchev–Trinajstić information content (AvgIpc) is 3.14. The average molecular weight is 388 g/mol. The number of carbonyl (C=O) groups excluding carboxylic acids is 1. The van der Waals surface area contributed by atoms with E-state index in [0.717, 1.165) is 27.8 Å². The van der Waals surface area contributed by atoms with Crippen LogP contribution in [-0.4, -0.2) is 26.8 Å².